The number of nitrogen functional groups attached to an aromatic ring is 1. The summed E-state index contributed by atoms with van der Waals surface area (Å²) in [6.07, 6.45) is 0.254. The van der Waals surface area contributed by atoms with Gasteiger partial charge in [0.1, 0.15) is 5.82 Å². The van der Waals surface area contributed by atoms with E-state index >= 15 is 0 Å². The standard InChI is InChI=1S/C10H18N4O/c1-7(2)15-5-4-12-9-6-8(3)13-10(11)14-9/h6-7H,4-5H2,1-3H3,(H3,11,12,13,14). The molecule has 0 spiro atoms. The van der Waals surface area contributed by atoms with Crippen molar-refractivity contribution < 1.29 is 4.74 Å². The third-order valence-corrected chi connectivity index (χ3v) is 1.73. The number of rotatable bonds is 5. The van der Waals surface area contributed by atoms with E-state index in [1.165, 1.54) is 0 Å². The zero-order valence-electron chi connectivity index (χ0n) is 9.45. The van der Waals surface area contributed by atoms with Crippen LogP contribution < -0.4 is 11.1 Å². The van der Waals surface area contributed by atoms with Crippen molar-refractivity contribution in [3.8, 4) is 0 Å². The van der Waals surface area contributed by atoms with Crippen LogP contribution in [0.25, 0.3) is 0 Å². The van der Waals surface area contributed by atoms with Crippen LogP contribution in [0.3, 0.4) is 0 Å². The van der Waals surface area contributed by atoms with Gasteiger partial charge in [0, 0.05) is 18.3 Å². The zero-order chi connectivity index (χ0) is 11.3. The summed E-state index contributed by atoms with van der Waals surface area (Å²) < 4.78 is 5.39. The average molecular weight is 210 g/mol. The number of aromatic nitrogens is 2. The van der Waals surface area contributed by atoms with Gasteiger partial charge in [0.05, 0.1) is 12.7 Å². The second-order valence-corrected chi connectivity index (χ2v) is 3.60. The Labute approximate surface area is 90.1 Å². The molecule has 3 N–H and O–H groups in total. The van der Waals surface area contributed by atoms with Crippen molar-refractivity contribution in [1.29, 1.82) is 0 Å². The third kappa shape index (κ3) is 4.60. The Hall–Kier alpha value is -1.36. The number of nitrogens with zero attached hydrogens (tertiary/aromatic N) is 2. The minimum Gasteiger partial charge on any atom is -0.377 e. The van der Waals surface area contributed by atoms with Crippen LogP contribution in [0.15, 0.2) is 6.07 Å². The first-order valence-electron chi connectivity index (χ1n) is 5.04. The van der Waals surface area contributed by atoms with Gasteiger partial charge in [0.2, 0.25) is 5.95 Å². The number of anilines is 2. The highest BCUT2D eigenvalue weighted by Gasteiger charge is 1.98. The lowest BCUT2D eigenvalue weighted by Gasteiger charge is -2.09. The number of hydrogen-bond donors (Lipinski definition) is 2. The van der Waals surface area contributed by atoms with E-state index < -0.39 is 0 Å². The van der Waals surface area contributed by atoms with Gasteiger partial charge in [0.15, 0.2) is 0 Å². The molecule has 1 rings (SSSR count). The van der Waals surface area contributed by atoms with Crippen molar-refractivity contribution in [1.82, 2.24) is 9.97 Å². The molecule has 5 nitrogen and oxygen atoms in total. The molecule has 1 aromatic heterocycles. The highest BCUT2D eigenvalue weighted by molar-refractivity contribution is 5.39. The normalized spacial score (nSPS) is 10.7. The van der Waals surface area contributed by atoms with Crippen LogP contribution in [0, 0.1) is 6.92 Å². The summed E-state index contributed by atoms with van der Waals surface area (Å²) >= 11 is 0. The summed E-state index contributed by atoms with van der Waals surface area (Å²) in [6.45, 7) is 7.27. The van der Waals surface area contributed by atoms with E-state index in [9.17, 15) is 0 Å². The smallest absolute Gasteiger partial charge is 0.222 e. The summed E-state index contributed by atoms with van der Waals surface area (Å²) in [7, 11) is 0. The molecule has 1 heterocycles. The second-order valence-electron chi connectivity index (χ2n) is 3.60. The van der Waals surface area contributed by atoms with Gasteiger partial charge in [-0.2, -0.15) is 4.98 Å². The highest BCUT2D eigenvalue weighted by Crippen LogP contribution is 2.06. The molecule has 0 saturated carbocycles. The first-order chi connectivity index (χ1) is 7.08. The minimum absolute atomic E-state index is 0.254. The molecule has 0 saturated heterocycles. The number of hydrogen-bond acceptors (Lipinski definition) is 5. The predicted octanol–water partition coefficient (Wildman–Crippen LogP) is 1.20. The molecule has 0 amide bonds. The van der Waals surface area contributed by atoms with Crippen molar-refractivity contribution in [2.45, 2.75) is 26.9 Å². The van der Waals surface area contributed by atoms with E-state index in [-0.39, 0.29) is 6.10 Å². The quantitative estimate of drug-likeness (QED) is 0.714. The summed E-state index contributed by atoms with van der Waals surface area (Å²) in [5.74, 6) is 1.04. The van der Waals surface area contributed by atoms with Gasteiger partial charge in [-0.25, -0.2) is 4.98 Å². The second kappa shape index (κ2) is 5.50. The van der Waals surface area contributed by atoms with Gasteiger partial charge in [-0.1, -0.05) is 0 Å². The number of ether oxygens (including phenoxy) is 1. The van der Waals surface area contributed by atoms with Crippen LogP contribution in [0.4, 0.5) is 11.8 Å². The van der Waals surface area contributed by atoms with Gasteiger partial charge >= 0.3 is 0 Å². The topological polar surface area (TPSA) is 73.1 Å². The van der Waals surface area contributed by atoms with E-state index in [1.807, 2.05) is 26.8 Å². The van der Waals surface area contributed by atoms with E-state index in [0.717, 1.165) is 11.5 Å². The zero-order valence-corrected chi connectivity index (χ0v) is 9.45. The molecule has 0 radical (unpaired) electrons. The molecule has 0 aliphatic rings. The van der Waals surface area contributed by atoms with E-state index in [1.54, 1.807) is 0 Å². The summed E-state index contributed by atoms with van der Waals surface area (Å²) in [6, 6.07) is 1.85. The number of nitrogens with two attached hydrogens (primary N) is 1. The van der Waals surface area contributed by atoms with Gasteiger partial charge in [-0.3, -0.25) is 0 Å². The average Bonchev–Trinajstić information content (AvgIpc) is 2.10. The molecule has 1 aromatic rings. The molecule has 0 atom stereocenters. The third-order valence-electron chi connectivity index (χ3n) is 1.73. The predicted molar refractivity (Wildman–Crippen MR) is 60.8 cm³/mol. The molecular formula is C10H18N4O. The van der Waals surface area contributed by atoms with Gasteiger partial charge in [-0.05, 0) is 20.8 Å². The van der Waals surface area contributed by atoms with E-state index in [0.29, 0.717) is 19.1 Å². The fourth-order valence-corrected chi connectivity index (χ4v) is 1.16. The first kappa shape index (κ1) is 11.7. The van der Waals surface area contributed by atoms with Crippen LogP contribution in [0.5, 0.6) is 0 Å². The molecule has 84 valence electrons. The van der Waals surface area contributed by atoms with Crippen molar-refractivity contribution in [3.63, 3.8) is 0 Å². The summed E-state index contributed by atoms with van der Waals surface area (Å²) in [5.41, 5.74) is 6.37. The summed E-state index contributed by atoms with van der Waals surface area (Å²) in [5, 5.41) is 3.13. The van der Waals surface area contributed by atoms with Crippen LogP contribution in [-0.4, -0.2) is 29.2 Å². The lowest BCUT2D eigenvalue weighted by atomic mass is 10.4. The molecule has 0 bridgehead atoms. The molecule has 0 fully saturated rings. The maximum Gasteiger partial charge on any atom is 0.222 e. The molecule has 0 aliphatic carbocycles. The van der Waals surface area contributed by atoms with Crippen LogP contribution in [0.2, 0.25) is 0 Å². The van der Waals surface area contributed by atoms with E-state index in [4.69, 9.17) is 10.5 Å². The number of nitrogens with one attached hydrogen (secondary N) is 1. The monoisotopic (exact) mass is 210 g/mol. The van der Waals surface area contributed by atoms with Crippen LogP contribution in [-0.2, 0) is 4.74 Å². The Morgan fingerprint density at radius 1 is 1.47 bits per heavy atom. The highest BCUT2D eigenvalue weighted by atomic mass is 16.5. The molecule has 0 unspecified atom stereocenters. The van der Waals surface area contributed by atoms with Gasteiger partial charge < -0.3 is 15.8 Å². The lowest BCUT2D eigenvalue weighted by molar-refractivity contribution is 0.0870. The fourth-order valence-electron chi connectivity index (χ4n) is 1.16. The van der Waals surface area contributed by atoms with Crippen LogP contribution >= 0.6 is 0 Å². The molecule has 5 heteroatoms. The Balaban J connectivity index is 2.37. The van der Waals surface area contributed by atoms with Gasteiger partial charge in [0.25, 0.3) is 0 Å². The summed E-state index contributed by atoms with van der Waals surface area (Å²) in [4.78, 5) is 8.04. The molecule has 15 heavy (non-hydrogen) atoms. The lowest BCUT2D eigenvalue weighted by Crippen LogP contribution is -2.14. The Bertz CT molecular complexity index is 294. The maximum absolute atomic E-state index is 5.52. The Morgan fingerprint density at radius 2 is 2.20 bits per heavy atom. The van der Waals surface area contributed by atoms with Crippen LogP contribution in [0.1, 0.15) is 19.5 Å². The SMILES string of the molecule is Cc1cc(NCCOC(C)C)nc(N)n1. The molecule has 0 aromatic carbocycles. The number of aryl methyl sites for hydroxylation is 1. The Kier molecular flexibility index (Phi) is 4.30. The largest absolute Gasteiger partial charge is 0.377 e. The molecule has 0 aliphatic heterocycles. The van der Waals surface area contributed by atoms with Crippen molar-refractivity contribution in [2.75, 3.05) is 24.2 Å². The Morgan fingerprint density at radius 3 is 2.80 bits per heavy atom. The fraction of sp³-hybridized carbons (Fsp3) is 0.600. The molecular weight excluding hydrogens is 192 g/mol. The minimum atomic E-state index is 0.254. The maximum atomic E-state index is 5.52. The van der Waals surface area contributed by atoms with Crippen molar-refractivity contribution in [2.24, 2.45) is 0 Å². The van der Waals surface area contributed by atoms with Gasteiger partial charge in [-0.15, -0.1) is 0 Å². The van der Waals surface area contributed by atoms with Crippen molar-refractivity contribution in [3.05, 3.63) is 11.8 Å². The van der Waals surface area contributed by atoms with Crippen molar-refractivity contribution >= 4 is 11.8 Å². The van der Waals surface area contributed by atoms with E-state index in [2.05, 4.69) is 15.3 Å². The first-order valence-corrected chi connectivity index (χ1v) is 5.04.